The fraction of sp³-hybridized carbons (Fsp3) is 0.600. The van der Waals surface area contributed by atoms with Crippen molar-refractivity contribution in [1.29, 1.82) is 0 Å². The predicted octanol–water partition coefficient (Wildman–Crippen LogP) is 4.08. The second-order valence-electron chi connectivity index (χ2n) is 8.23. The number of rotatable bonds is 2. The number of hydrogen-bond donors (Lipinski definition) is 2. The molecule has 0 unspecified atom stereocenters. The maximum atomic E-state index is 12.7. The second-order valence-corrected chi connectivity index (χ2v) is 8.23. The molecule has 2 N–H and O–H groups in total. The highest BCUT2D eigenvalue weighted by Crippen LogP contribution is 2.34. The fourth-order valence-electron chi connectivity index (χ4n) is 3.67. The van der Waals surface area contributed by atoms with Gasteiger partial charge in [0.2, 0.25) is 5.91 Å². The van der Waals surface area contributed by atoms with E-state index in [1.807, 2.05) is 43.9 Å². The Hall–Kier alpha value is -2.04. The Balaban J connectivity index is 1.68. The number of hydrogen-bond acceptors (Lipinski definition) is 2. The Morgan fingerprint density at radius 1 is 1.12 bits per heavy atom. The summed E-state index contributed by atoms with van der Waals surface area (Å²) in [4.78, 5) is 26.8. The van der Waals surface area contributed by atoms with Crippen LogP contribution < -0.4 is 15.5 Å². The first-order chi connectivity index (χ1) is 11.8. The van der Waals surface area contributed by atoms with Gasteiger partial charge in [0.15, 0.2) is 0 Å². The number of carbonyl (C=O) groups is 2. The van der Waals surface area contributed by atoms with E-state index in [1.165, 1.54) is 19.3 Å². The third-order valence-corrected chi connectivity index (χ3v) is 5.07. The maximum Gasteiger partial charge on any atom is 0.319 e. The van der Waals surface area contributed by atoms with E-state index in [2.05, 4.69) is 10.6 Å². The summed E-state index contributed by atoms with van der Waals surface area (Å²) in [5.74, 6) is 0.120. The first kappa shape index (κ1) is 17.8. The van der Waals surface area contributed by atoms with Crippen LogP contribution in [-0.4, -0.2) is 24.5 Å². The number of nitrogens with zero attached hydrogens (tertiary/aromatic N) is 1. The third-order valence-electron chi connectivity index (χ3n) is 5.07. The predicted molar refractivity (Wildman–Crippen MR) is 101 cm³/mol. The summed E-state index contributed by atoms with van der Waals surface area (Å²) in [5.41, 5.74) is 2.41. The van der Waals surface area contributed by atoms with E-state index in [0.29, 0.717) is 6.54 Å². The summed E-state index contributed by atoms with van der Waals surface area (Å²) in [6.07, 6.45) is 6.63. The topological polar surface area (TPSA) is 61.4 Å². The number of fused-ring (bicyclic) bond motifs is 1. The average molecular weight is 343 g/mol. The van der Waals surface area contributed by atoms with Crippen LogP contribution in [-0.2, 0) is 11.2 Å². The van der Waals surface area contributed by atoms with Crippen LogP contribution in [0.2, 0.25) is 0 Å². The van der Waals surface area contributed by atoms with Gasteiger partial charge < -0.3 is 15.5 Å². The van der Waals surface area contributed by atoms with E-state index < -0.39 is 5.41 Å². The molecule has 1 aliphatic carbocycles. The summed E-state index contributed by atoms with van der Waals surface area (Å²) < 4.78 is 0. The molecule has 0 spiro atoms. The molecular weight excluding hydrogens is 314 g/mol. The molecule has 5 heteroatoms. The van der Waals surface area contributed by atoms with Crippen LogP contribution in [0.15, 0.2) is 18.2 Å². The van der Waals surface area contributed by atoms with Gasteiger partial charge in [-0.3, -0.25) is 4.79 Å². The lowest BCUT2D eigenvalue weighted by Crippen LogP contribution is -2.39. The van der Waals surface area contributed by atoms with Gasteiger partial charge in [0.1, 0.15) is 0 Å². The highest BCUT2D eigenvalue weighted by molar-refractivity contribution is 6.00. The molecule has 5 nitrogen and oxygen atoms in total. The van der Waals surface area contributed by atoms with Gasteiger partial charge in [-0.15, -0.1) is 0 Å². The molecule has 1 saturated carbocycles. The molecule has 1 aromatic carbocycles. The molecule has 0 atom stereocenters. The zero-order valence-electron chi connectivity index (χ0n) is 15.5. The van der Waals surface area contributed by atoms with Crippen molar-refractivity contribution in [2.75, 3.05) is 16.8 Å². The zero-order chi connectivity index (χ0) is 18.0. The van der Waals surface area contributed by atoms with Gasteiger partial charge in [-0.1, -0.05) is 46.1 Å². The lowest BCUT2D eigenvalue weighted by molar-refractivity contribution is -0.125. The van der Waals surface area contributed by atoms with Crippen LogP contribution in [0.3, 0.4) is 0 Å². The maximum absolute atomic E-state index is 12.7. The third kappa shape index (κ3) is 4.14. The van der Waals surface area contributed by atoms with Crippen molar-refractivity contribution in [3.8, 4) is 0 Å². The number of carbonyl (C=O) groups excluding carboxylic acids is 2. The van der Waals surface area contributed by atoms with E-state index in [9.17, 15) is 9.59 Å². The normalized spacial score (nSPS) is 18.0. The summed E-state index contributed by atoms with van der Waals surface area (Å²) in [6.45, 7) is 6.52. The van der Waals surface area contributed by atoms with Crippen molar-refractivity contribution in [3.05, 3.63) is 23.8 Å². The van der Waals surface area contributed by atoms with Gasteiger partial charge in [-0.25, -0.2) is 4.79 Å². The summed E-state index contributed by atoms with van der Waals surface area (Å²) >= 11 is 0. The summed E-state index contributed by atoms with van der Waals surface area (Å²) in [6, 6.07) is 5.99. The minimum atomic E-state index is -0.413. The second kappa shape index (κ2) is 7.06. The van der Waals surface area contributed by atoms with Gasteiger partial charge >= 0.3 is 6.03 Å². The number of nitrogens with one attached hydrogen (secondary N) is 2. The van der Waals surface area contributed by atoms with Gasteiger partial charge in [0.25, 0.3) is 0 Å². The van der Waals surface area contributed by atoms with Gasteiger partial charge in [-0.05, 0) is 37.0 Å². The van der Waals surface area contributed by atoms with Crippen LogP contribution in [0.4, 0.5) is 16.2 Å². The number of amides is 3. The van der Waals surface area contributed by atoms with Gasteiger partial charge in [0, 0.05) is 29.4 Å². The smallest absolute Gasteiger partial charge is 0.319 e. The highest BCUT2D eigenvalue weighted by atomic mass is 16.2. The van der Waals surface area contributed by atoms with Crippen molar-refractivity contribution in [3.63, 3.8) is 0 Å². The van der Waals surface area contributed by atoms with Crippen LogP contribution in [0.5, 0.6) is 0 Å². The van der Waals surface area contributed by atoms with E-state index in [1.54, 1.807) is 0 Å². The van der Waals surface area contributed by atoms with Crippen molar-refractivity contribution in [2.24, 2.45) is 5.41 Å². The molecule has 2 aliphatic rings. The van der Waals surface area contributed by atoms with Crippen LogP contribution in [0.25, 0.3) is 0 Å². The van der Waals surface area contributed by atoms with Gasteiger partial charge in [0.05, 0.1) is 0 Å². The summed E-state index contributed by atoms with van der Waals surface area (Å²) in [5, 5.41) is 5.99. The first-order valence-corrected chi connectivity index (χ1v) is 9.37. The minimum absolute atomic E-state index is 0.120. The molecule has 3 amide bonds. The van der Waals surface area contributed by atoms with Crippen molar-refractivity contribution < 1.29 is 9.59 Å². The van der Waals surface area contributed by atoms with E-state index in [-0.39, 0.29) is 18.0 Å². The van der Waals surface area contributed by atoms with Crippen LogP contribution >= 0.6 is 0 Å². The molecule has 0 bridgehead atoms. The van der Waals surface area contributed by atoms with Crippen molar-refractivity contribution >= 4 is 23.3 Å². The van der Waals surface area contributed by atoms with Crippen molar-refractivity contribution in [1.82, 2.24) is 5.32 Å². The zero-order valence-corrected chi connectivity index (χ0v) is 15.5. The largest absolute Gasteiger partial charge is 0.335 e. The Morgan fingerprint density at radius 3 is 2.52 bits per heavy atom. The first-order valence-electron chi connectivity index (χ1n) is 9.37. The van der Waals surface area contributed by atoms with Crippen LogP contribution in [0.1, 0.15) is 58.4 Å². The minimum Gasteiger partial charge on any atom is -0.335 e. The lowest BCUT2D eigenvalue weighted by Gasteiger charge is -2.26. The number of benzene rings is 1. The molecule has 0 radical (unpaired) electrons. The molecule has 1 aromatic rings. The average Bonchev–Trinajstić information content (AvgIpc) is 2.97. The Bertz CT molecular complexity index is 657. The molecular formula is C20H29N3O2. The Morgan fingerprint density at radius 2 is 1.84 bits per heavy atom. The standard InChI is InChI=1S/C20H29N3O2/c1-20(2,3)18(24)23-12-11-14-9-10-16(13-17(14)23)22-19(25)21-15-7-5-4-6-8-15/h9-10,13,15H,4-8,11-12H2,1-3H3,(H2,21,22,25). The molecule has 3 rings (SSSR count). The SMILES string of the molecule is CC(C)(C)C(=O)N1CCc2ccc(NC(=O)NC3CCCCC3)cc21. The van der Waals surface area contributed by atoms with E-state index >= 15 is 0 Å². The summed E-state index contributed by atoms with van der Waals surface area (Å²) in [7, 11) is 0. The van der Waals surface area contributed by atoms with E-state index in [0.717, 1.165) is 36.2 Å². The molecule has 136 valence electrons. The fourth-order valence-corrected chi connectivity index (χ4v) is 3.67. The van der Waals surface area contributed by atoms with Crippen molar-refractivity contribution in [2.45, 2.75) is 65.3 Å². The molecule has 0 saturated heterocycles. The number of anilines is 2. The Labute approximate surface area is 150 Å². The molecule has 1 aliphatic heterocycles. The monoisotopic (exact) mass is 343 g/mol. The molecule has 1 fully saturated rings. The Kier molecular flexibility index (Phi) is 5.02. The quantitative estimate of drug-likeness (QED) is 0.850. The van der Waals surface area contributed by atoms with E-state index in [4.69, 9.17) is 0 Å². The molecule has 0 aromatic heterocycles. The lowest BCUT2D eigenvalue weighted by atomic mass is 9.94. The number of urea groups is 1. The highest BCUT2D eigenvalue weighted by Gasteiger charge is 2.32. The molecule has 25 heavy (non-hydrogen) atoms. The molecule has 1 heterocycles. The van der Waals surface area contributed by atoms with Crippen LogP contribution in [0, 0.1) is 5.41 Å². The van der Waals surface area contributed by atoms with Gasteiger partial charge in [-0.2, -0.15) is 0 Å².